The molecule has 0 radical (unpaired) electrons. The molecule has 0 atom stereocenters. The quantitative estimate of drug-likeness (QED) is 0.446. The summed E-state index contributed by atoms with van der Waals surface area (Å²) in [5.41, 5.74) is 2.44. The standard InChI is InChI=1S/C23H15F2NO3/c24-15-6-8-20(19(25)10-15)26-12-18-21(28-13-26)9-7-16-17(11-22(27)29-23(16)18)14-4-2-1-3-5-14/h1-11H,12-13H2. The van der Waals surface area contributed by atoms with E-state index in [0.29, 0.717) is 16.9 Å². The maximum atomic E-state index is 14.3. The van der Waals surface area contributed by atoms with Crippen molar-refractivity contribution >= 4 is 16.7 Å². The lowest BCUT2D eigenvalue weighted by Crippen LogP contribution is -2.32. The first-order valence-electron chi connectivity index (χ1n) is 9.08. The van der Waals surface area contributed by atoms with Gasteiger partial charge in [0.05, 0.1) is 17.8 Å². The minimum atomic E-state index is -0.677. The zero-order valence-corrected chi connectivity index (χ0v) is 15.2. The highest BCUT2D eigenvalue weighted by Crippen LogP contribution is 2.37. The Morgan fingerprint density at radius 3 is 2.55 bits per heavy atom. The second kappa shape index (κ2) is 6.74. The predicted molar refractivity (Wildman–Crippen MR) is 106 cm³/mol. The second-order valence-electron chi connectivity index (χ2n) is 6.83. The molecule has 4 nitrogen and oxygen atoms in total. The molecule has 1 aliphatic rings. The van der Waals surface area contributed by atoms with E-state index in [1.807, 2.05) is 42.5 Å². The molecule has 1 aromatic heterocycles. The Balaban J connectivity index is 1.66. The third-order valence-electron chi connectivity index (χ3n) is 5.03. The maximum Gasteiger partial charge on any atom is 0.336 e. The summed E-state index contributed by atoms with van der Waals surface area (Å²) in [5.74, 6) is -0.748. The van der Waals surface area contributed by atoms with Crippen molar-refractivity contribution in [3.8, 4) is 16.9 Å². The van der Waals surface area contributed by atoms with E-state index in [1.54, 1.807) is 4.90 Å². The predicted octanol–water partition coefficient (Wildman–Crippen LogP) is 5.09. The number of benzene rings is 3. The van der Waals surface area contributed by atoms with Crippen LogP contribution in [0.5, 0.6) is 5.75 Å². The summed E-state index contributed by atoms with van der Waals surface area (Å²) in [6.07, 6.45) is 0. The fourth-order valence-electron chi connectivity index (χ4n) is 3.68. The summed E-state index contributed by atoms with van der Waals surface area (Å²) in [4.78, 5) is 13.9. The van der Waals surface area contributed by atoms with Crippen molar-refractivity contribution in [2.24, 2.45) is 0 Å². The van der Waals surface area contributed by atoms with Crippen molar-refractivity contribution in [2.45, 2.75) is 6.54 Å². The molecule has 1 aliphatic heterocycles. The third-order valence-corrected chi connectivity index (χ3v) is 5.03. The van der Waals surface area contributed by atoms with Crippen LogP contribution >= 0.6 is 0 Å². The Morgan fingerprint density at radius 2 is 1.76 bits per heavy atom. The van der Waals surface area contributed by atoms with Gasteiger partial charge < -0.3 is 14.1 Å². The van der Waals surface area contributed by atoms with Gasteiger partial charge in [-0.05, 0) is 35.4 Å². The Labute approximate surface area is 164 Å². The molecule has 0 bridgehead atoms. The number of rotatable bonds is 2. The molecule has 6 heteroatoms. The van der Waals surface area contributed by atoms with Crippen molar-refractivity contribution in [3.05, 3.63) is 94.3 Å². The first-order chi connectivity index (χ1) is 14.1. The van der Waals surface area contributed by atoms with Gasteiger partial charge in [-0.2, -0.15) is 0 Å². The van der Waals surface area contributed by atoms with E-state index in [1.165, 1.54) is 18.2 Å². The molecule has 0 amide bonds. The maximum absolute atomic E-state index is 14.3. The lowest BCUT2D eigenvalue weighted by atomic mass is 9.99. The molecule has 0 N–H and O–H groups in total. The molecule has 0 unspecified atom stereocenters. The zero-order chi connectivity index (χ0) is 20.0. The summed E-state index contributed by atoms with van der Waals surface area (Å²) in [6.45, 7) is 0.361. The molecule has 0 fully saturated rings. The van der Waals surface area contributed by atoms with Crippen LogP contribution in [0.4, 0.5) is 14.5 Å². The molecule has 144 valence electrons. The molecular weight excluding hydrogens is 376 g/mol. The highest BCUT2D eigenvalue weighted by molar-refractivity contribution is 5.96. The van der Waals surface area contributed by atoms with Crippen LogP contribution in [0.15, 0.2) is 75.9 Å². The smallest absolute Gasteiger partial charge is 0.336 e. The zero-order valence-electron chi connectivity index (χ0n) is 15.2. The summed E-state index contributed by atoms with van der Waals surface area (Å²) in [5, 5.41) is 0.763. The van der Waals surface area contributed by atoms with Gasteiger partial charge in [-0.3, -0.25) is 0 Å². The average Bonchev–Trinajstić information content (AvgIpc) is 2.73. The van der Waals surface area contributed by atoms with E-state index in [2.05, 4.69) is 0 Å². The summed E-state index contributed by atoms with van der Waals surface area (Å²) < 4.78 is 38.8. The molecule has 29 heavy (non-hydrogen) atoms. The molecule has 0 saturated heterocycles. The van der Waals surface area contributed by atoms with Crippen molar-refractivity contribution in [3.63, 3.8) is 0 Å². The van der Waals surface area contributed by atoms with E-state index < -0.39 is 17.3 Å². The van der Waals surface area contributed by atoms with E-state index in [4.69, 9.17) is 9.15 Å². The number of ether oxygens (including phenoxy) is 1. The molecule has 3 aromatic carbocycles. The number of hydrogen-bond donors (Lipinski definition) is 0. The van der Waals surface area contributed by atoms with Crippen molar-refractivity contribution in [2.75, 3.05) is 11.6 Å². The van der Waals surface area contributed by atoms with Gasteiger partial charge in [-0.15, -0.1) is 0 Å². The molecule has 0 saturated carbocycles. The normalized spacial score (nSPS) is 13.2. The van der Waals surface area contributed by atoms with Gasteiger partial charge >= 0.3 is 5.63 Å². The number of nitrogens with zero attached hydrogens (tertiary/aromatic N) is 1. The highest BCUT2D eigenvalue weighted by atomic mass is 19.1. The van der Waals surface area contributed by atoms with Gasteiger partial charge in [0.15, 0.2) is 6.73 Å². The van der Waals surface area contributed by atoms with E-state index in [0.717, 1.165) is 22.6 Å². The Hall–Kier alpha value is -3.67. The number of fused-ring (bicyclic) bond motifs is 3. The minimum absolute atomic E-state index is 0.101. The van der Waals surface area contributed by atoms with Crippen LogP contribution < -0.4 is 15.3 Å². The van der Waals surface area contributed by atoms with E-state index >= 15 is 0 Å². The summed E-state index contributed by atoms with van der Waals surface area (Å²) >= 11 is 0. The fourth-order valence-corrected chi connectivity index (χ4v) is 3.68. The van der Waals surface area contributed by atoms with Crippen LogP contribution in [0.25, 0.3) is 22.1 Å². The van der Waals surface area contributed by atoms with Crippen LogP contribution in [0, 0.1) is 11.6 Å². The average molecular weight is 391 g/mol. The second-order valence-corrected chi connectivity index (χ2v) is 6.83. The van der Waals surface area contributed by atoms with Crippen LogP contribution in [0.1, 0.15) is 5.56 Å². The van der Waals surface area contributed by atoms with Crippen LogP contribution in [-0.2, 0) is 6.54 Å². The van der Waals surface area contributed by atoms with Gasteiger partial charge in [0, 0.05) is 17.5 Å². The number of anilines is 1. The highest BCUT2D eigenvalue weighted by Gasteiger charge is 2.24. The molecular formula is C23H15F2NO3. The van der Waals surface area contributed by atoms with Crippen molar-refractivity contribution in [1.82, 2.24) is 0 Å². The number of hydrogen-bond acceptors (Lipinski definition) is 4. The van der Waals surface area contributed by atoms with Gasteiger partial charge in [-0.1, -0.05) is 30.3 Å². The molecule has 4 aromatic rings. The first kappa shape index (κ1) is 17.4. The van der Waals surface area contributed by atoms with Crippen molar-refractivity contribution in [1.29, 1.82) is 0 Å². The Morgan fingerprint density at radius 1 is 0.931 bits per heavy atom. The summed E-state index contributed by atoms with van der Waals surface area (Å²) in [7, 11) is 0. The Kier molecular flexibility index (Phi) is 4.05. The lowest BCUT2D eigenvalue weighted by molar-refractivity contribution is 0.287. The van der Waals surface area contributed by atoms with Crippen LogP contribution in [-0.4, -0.2) is 6.73 Å². The van der Waals surface area contributed by atoms with Gasteiger partial charge in [0.25, 0.3) is 0 Å². The van der Waals surface area contributed by atoms with Crippen LogP contribution in [0.3, 0.4) is 0 Å². The topological polar surface area (TPSA) is 42.7 Å². The van der Waals surface area contributed by atoms with E-state index in [-0.39, 0.29) is 19.0 Å². The van der Waals surface area contributed by atoms with Gasteiger partial charge in [0.1, 0.15) is 23.0 Å². The van der Waals surface area contributed by atoms with Crippen molar-refractivity contribution < 1.29 is 17.9 Å². The van der Waals surface area contributed by atoms with Gasteiger partial charge in [-0.25, -0.2) is 13.6 Å². The Bertz CT molecular complexity index is 1280. The fraction of sp³-hybridized carbons (Fsp3) is 0.0870. The van der Waals surface area contributed by atoms with Gasteiger partial charge in [0.2, 0.25) is 0 Å². The SMILES string of the molecule is O=c1cc(-c2ccccc2)c2ccc3c(c2o1)CN(c1ccc(F)cc1F)CO3. The summed E-state index contributed by atoms with van der Waals surface area (Å²) in [6, 6.07) is 18.1. The molecule has 5 rings (SSSR count). The lowest BCUT2D eigenvalue weighted by Gasteiger charge is -2.31. The molecule has 0 aliphatic carbocycles. The largest absolute Gasteiger partial charge is 0.473 e. The third kappa shape index (κ3) is 3.02. The molecule has 2 heterocycles. The number of halogens is 2. The first-order valence-corrected chi connectivity index (χ1v) is 9.08. The van der Waals surface area contributed by atoms with Crippen LogP contribution in [0.2, 0.25) is 0 Å². The monoisotopic (exact) mass is 391 g/mol. The van der Waals surface area contributed by atoms with E-state index in [9.17, 15) is 13.6 Å². The minimum Gasteiger partial charge on any atom is -0.473 e. The molecule has 0 spiro atoms.